The van der Waals surface area contributed by atoms with Crippen molar-refractivity contribution >= 4 is 0 Å². The Bertz CT molecular complexity index is 358. The minimum atomic E-state index is 0.162. The van der Waals surface area contributed by atoms with Gasteiger partial charge in [0.2, 0.25) is 0 Å². The first-order valence-electron chi connectivity index (χ1n) is 6.29. The smallest absolute Gasteiger partial charge is 0.163 e. The molecule has 1 N–H and O–H groups in total. The van der Waals surface area contributed by atoms with Crippen molar-refractivity contribution < 1.29 is 4.74 Å². The van der Waals surface area contributed by atoms with Gasteiger partial charge in [0.05, 0.1) is 5.69 Å². The Labute approximate surface area is 104 Å². The molecule has 0 aliphatic heterocycles. The third kappa shape index (κ3) is 4.04. The van der Waals surface area contributed by atoms with Crippen LogP contribution in [0.4, 0.5) is 0 Å². The van der Waals surface area contributed by atoms with Crippen molar-refractivity contribution in [3.05, 3.63) is 11.4 Å². The Morgan fingerprint density at radius 1 is 1.24 bits per heavy atom. The second-order valence-electron chi connectivity index (χ2n) is 5.10. The monoisotopic (exact) mass is 239 g/mol. The van der Waals surface area contributed by atoms with E-state index in [1.165, 1.54) is 0 Å². The highest BCUT2D eigenvalue weighted by Crippen LogP contribution is 2.22. The van der Waals surface area contributed by atoms with Gasteiger partial charge in [-0.15, -0.1) is 0 Å². The zero-order valence-electron chi connectivity index (χ0n) is 11.9. The van der Waals surface area contributed by atoms with Crippen molar-refractivity contribution in [1.82, 2.24) is 15.1 Å². The van der Waals surface area contributed by atoms with Crippen molar-refractivity contribution in [2.45, 2.75) is 40.7 Å². The lowest BCUT2D eigenvalue weighted by Crippen LogP contribution is -2.31. The van der Waals surface area contributed by atoms with E-state index in [2.05, 4.69) is 31.2 Å². The Hall–Kier alpha value is -1.03. The maximum atomic E-state index is 5.93. The summed E-state index contributed by atoms with van der Waals surface area (Å²) < 4.78 is 7.79. The summed E-state index contributed by atoms with van der Waals surface area (Å²) in [6.45, 7) is 12.4. The van der Waals surface area contributed by atoms with Gasteiger partial charge in [0, 0.05) is 13.6 Å². The van der Waals surface area contributed by atoms with E-state index < -0.39 is 0 Å². The number of hydrogen-bond donors (Lipinski definition) is 1. The van der Waals surface area contributed by atoms with Gasteiger partial charge in [0.15, 0.2) is 5.75 Å². The molecule has 0 spiro atoms. The lowest BCUT2D eigenvalue weighted by Gasteiger charge is -2.16. The van der Waals surface area contributed by atoms with Crippen LogP contribution in [0.15, 0.2) is 0 Å². The molecule has 0 amide bonds. The van der Waals surface area contributed by atoms with Crippen LogP contribution >= 0.6 is 0 Å². The van der Waals surface area contributed by atoms with E-state index >= 15 is 0 Å². The van der Waals surface area contributed by atoms with Crippen molar-refractivity contribution in [2.75, 3.05) is 13.1 Å². The molecule has 0 aliphatic rings. The molecular formula is C13H25N3O. The maximum absolute atomic E-state index is 5.93. The Kier molecular flexibility index (Phi) is 5.00. The molecule has 0 fully saturated rings. The predicted molar refractivity (Wildman–Crippen MR) is 70.5 cm³/mol. The first-order chi connectivity index (χ1) is 7.91. The maximum Gasteiger partial charge on any atom is 0.163 e. The van der Waals surface area contributed by atoms with Crippen molar-refractivity contribution in [1.29, 1.82) is 0 Å². The standard InChI is InChI=1S/C13H25N3O/c1-9(2)7-14-8-10(3)17-13-11(4)15-16(6)12(13)5/h9-10,14H,7-8H2,1-6H3. The summed E-state index contributed by atoms with van der Waals surface area (Å²) >= 11 is 0. The lowest BCUT2D eigenvalue weighted by atomic mass is 10.2. The molecule has 17 heavy (non-hydrogen) atoms. The third-order valence-corrected chi connectivity index (χ3v) is 2.75. The number of nitrogens with zero attached hydrogens (tertiary/aromatic N) is 2. The van der Waals surface area contributed by atoms with Gasteiger partial charge in [-0.05, 0) is 33.2 Å². The summed E-state index contributed by atoms with van der Waals surface area (Å²) in [6.07, 6.45) is 0.162. The van der Waals surface area contributed by atoms with Gasteiger partial charge in [-0.2, -0.15) is 5.10 Å². The highest BCUT2D eigenvalue weighted by Gasteiger charge is 2.13. The summed E-state index contributed by atoms with van der Waals surface area (Å²) in [5, 5.41) is 7.74. The van der Waals surface area contributed by atoms with Gasteiger partial charge in [-0.3, -0.25) is 4.68 Å². The highest BCUT2D eigenvalue weighted by molar-refractivity contribution is 5.31. The summed E-state index contributed by atoms with van der Waals surface area (Å²) in [4.78, 5) is 0. The van der Waals surface area contributed by atoms with Gasteiger partial charge >= 0.3 is 0 Å². The Morgan fingerprint density at radius 3 is 2.35 bits per heavy atom. The molecule has 0 aliphatic carbocycles. The van der Waals surface area contributed by atoms with Gasteiger partial charge in [0.25, 0.3) is 0 Å². The van der Waals surface area contributed by atoms with Crippen LogP contribution < -0.4 is 10.1 Å². The largest absolute Gasteiger partial charge is 0.486 e. The number of aryl methyl sites for hydroxylation is 2. The first-order valence-corrected chi connectivity index (χ1v) is 6.29. The summed E-state index contributed by atoms with van der Waals surface area (Å²) in [5.41, 5.74) is 2.04. The van der Waals surface area contributed by atoms with Gasteiger partial charge in [-0.25, -0.2) is 0 Å². The molecule has 1 aromatic heterocycles. The quantitative estimate of drug-likeness (QED) is 0.826. The molecule has 0 radical (unpaired) electrons. The second-order valence-corrected chi connectivity index (χ2v) is 5.10. The lowest BCUT2D eigenvalue weighted by molar-refractivity contribution is 0.212. The minimum Gasteiger partial charge on any atom is -0.486 e. The molecule has 98 valence electrons. The molecule has 4 nitrogen and oxygen atoms in total. The van der Waals surface area contributed by atoms with Gasteiger partial charge in [0.1, 0.15) is 11.8 Å². The molecule has 1 heterocycles. The van der Waals surface area contributed by atoms with Crippen molar-refractivity contribution in [3.63, 3.8) is 0 Å². The van der Waals surface area contributed by atoms with Crippen LogP contribution in [0.3, 0.4) is 0 Å². The number of nitrogens with one attached hydrogen (secondary N) is 1. The number of aromatic nitrogens is 2. The molecule has 1 aromatic rings. The fraction of sp³-hybridized carbons (Fsp3) is 0.769. The third-order valence-electron chi connectivity index (χ3n) is 2.75. The normalized spacial score (nSPS) is 13.1. The predicted octanol–water partition coefficient (Wildman–Crippen LogP) is 2.05. The number of hydrogen-bond acceptors (Lipinski definition) is 3. The molecule has 1 unspecified atom stereocenters. The fourth-order valence-corrected chi connectivity index (χ4v) is 1.74. The summed E-state index contributed by atoms with van der Waals surface area (Å²) in [7, 11) is 1.94. The van der Waals surface area contributed by atoms with E-state index in [1.54, 1.807) is 0 Å². The van der Waals surface area contributed by atoms with E-state index in [0.29, 0.717) is 5.92 Å². The topological polar surface area (TPSA) is 39.1 Å². The molecule has 0 saturated heterocycles. The molecule has 0 bridgehead atoms. The van der Waals surface area contributed by atoms with E-state index in [9.17, 15) is 0 Å². The minimum absolute atomic E-state index is 0.162. The van der Waals surface area contributed by atoms with E-state index in [1.807, 2.05) is 25.6 Å². The van der Waals surface area contributed by atoms with Crippen molar-refractivity contribution in [2.24, 2.45) is 13.0 Å². The molecule has 0 aromatic carbocycles. The van der Waals surface area contributed by atoms with Crippen LogP contribution in [0, 0.1) is 19.8 Å². The van der Waals surface area contributed by atoms with E-state index in [-0.39, 0.29) is 6.10 Å². The van der Waals surface area contributed by atoms with E-state index in [4.69, 9.17) is 4.74 Å². The number of ether oxygens (including phenoxy) is 1. The van der Waals surface area contributed by atoms with Gasteiger partial charge in [-0.1, -0.05) is 13.8 Å². The Balaban J connectivity index is 2.47. The van der Waals surface area contributed by atoms with Crippen LogP contribution in [0.1, 0.15) is 32.2 Å². The SMILES string of the molecule is Cc1nn(C)c(C)c1OC(C)CNCC(C)C. The van der Waals surface area contributed by atoms with Crippen LogP contribution in [-0.2, 0) is 7.05 Å². The Morgan fingerprint density at radius 2 is 1.88 bits per heavy atom. The summed E-state index contributed by atoms with van der Waals surface area (Å²) in [6, 6.07) is 0. The highest BCUT2D eigenvalue weighted by atomic mass is 16.5. The average Bonchev–Trinajstić information content (AvgIpc) is 2.44. The van der Waals surface area contributed by atoms with Gasteiger partial charge < -0.3 is 10.1 Å². The molecule has 1 rings (SSSR count). The van der Waals surface area contributed by atoms with E-state index in [0.717, 1.165) is 30.2 Å². The molecule has 4 heteroatoms. The molecule has 1 atom stereocenters. The van der Waals surface area contributed by atoms with Crippen molar-refractivity contribution in [3.8, 4) is 5.75 Å². The molecule has 0 saturated carbocycles. The van der Waals surface area contributed by atoms with Crippen LogP contribution in [0.5, 0.6) is 5.75 Å². The van der Waals surface area contributed by atoms with Crippen LogP contribution in [0.2, 0.25) is 0 Å². The zero-order valence-corrected chi connectivity index (χ0v) is 11.9. The van der Waals surface area contributed by atoms with Crippen LogP contribution in [0.25, 0.3) is 0 Å². The zero-order chi connectivity index (χ0) is 13.0. The summed E-state index contributed by atoms with van der Waals surface area (Å²) in [5.74, 6) is 1.59. The average molecular weight is 239 g/mol. The first kappa shape index (κ1) is 14.0. The fourth-order valence-electron chi connectivity index (χ4n) is 1.74. The number of rotatable bonds is 6. The molecular weight excluding hydrogens is 214 g/mol. The van der Waals surface area contributed by atoms with Crippen LogP contribution in [-0.4, -0.2) is 29.0 Å². The second kappa shape index (κ2) is 6.05.